The van der Waals surface area contributed by atoms with Crippen molar-refractivity contribution in [3.8, 4) is 0 Å². The molecule has 0 aromatic carbocycles. The Hall–Kier alpha value is -1.40. The second-order valence-corrected chi connectivity index (χ2v) is 5.96. The van der Waals surface area contributed by atoms with Crippen LogP contribution in [0.25, 0.3) is 0 Å². The second kappa shape index (κ2) is 5.18. The summed E-state index contributed by atoms with van der Waals surface area (Å²) in [6, 6.07) is 1.73. The number of amides is 1. The third-order valence-corrected chi connectivity index (χ3v) is 4.51. The van der Waals surface area contributed by atoms with E-state index in [1.807, 2.05) is 0 Å². The fourth-order valence-electron chi connectivity index (χ4n) is 3.46. The maximum atomic E-state index is 12.0. The van der Waals surface area contributed by atoms with E-state index in [0.717, 1.165) is 32.5 Å². The lowest BCUT2D eigenvalue weighted by molar-refractivity contribution is -0.124. The van der Waals surface area contributed by atoms with E-state index < -0.39 is 0 Å². The molecule has 3 rings (SSSR count). The number of carbonyl (C=O) groups excluding carboxylic acids is 1. The van der Waals surface area contributed by atoms with Crippen molar-refractivity contribution >= 4 is 5.91 Å². The molecule has 3 heterocycles. The van der Waals surface area contributed by atoms with Gasteiger partial charge < -0.3 is 15.0 Å². The van der Waals surface area contributed by atoms with Crippen LogP contribution in [-0.2, 0) is 11.8 Å². The lowest BCUT2D eigenvalue weighted by atomic mass is 9.79. The molecule has 2 saturated heterocycles. The van der Waals surface area contributed by atoms with Crippen LogP contribution in [0.4, 0.5) is 0 Å². The van der Waals surface area contributed by atoms with Gasteiger partial charge in [-0.25, -0.2) is 0 Å². The van der Waals surface area contributed by atoms with Gasteiger partial charge in [0.1, 0.15) is 5.69 Å². The minimum atomic E-state index is -0.0521. The molecule has 2 aliphatic heterocycles. The van der Waals surface area contributed by atoms with E-state index in [4.69, 9.17) is 4.74 Å². The molecule has 1 aromatic rings. The van der Waals surface area contributed by atoms with Gasteiger partial charge in [-0.2, -0.15) is 5.10 Å². The fourth-order valence-corrected chi connectivity index (χ4v) is 3.46. The summed E-state index contributed by atoms with van der Waals surface area (Å²) in [6.07, 6.45) is 3.73. The number of likely N-dealkylation sites (tertiary alicyclic amines) is 1. The van der Waals surface area contributed by atoms with Crippen molar-refractivity contribution in [3.05, 3.63) is 18.0 Å². The molecule has 6 nitrogen and oxygen atoms in total. The zero-order valence-corrected chi connectivity index (χ0v) is 12.1. The van der Waals surface area contributed by atoms with Crippen LogP contribution in [0.3, 0.4) is 0 Å². The smallest absolute Gasteiger partial charge is 0.269 e. The Labute approximate surface area is 119 Å². The molecule has 0 aliphatic carbocycles. The highest BCUT2D eigenvalue weighted by Gasteiger charge is 2.51. The van der Waals surface area contributed by atoms with Crippen LogP contribution in [-0.4, -0.2) is 59.5 Å². The summed E-state index contributed by atoms with van der Waals surface area (Å²) >= 11 is 0. The number of aromatic nitrogens is 2. The minimum absolute atomic E-state index is 0.0521. The third-order valence-electron chi connectivity index (χ3n) is 4.51. The van der Waals surface area contributed by atoms with Crippen molar-refractivity contribution in [2.45, 2.75) is 18.4 Å². The quantitative estimate of drug-likeness (QED) is 0.858. The molecule has 1 aromatic heterocycles. The van der Waals surface area contributed by atoms with Gasteiger partial charge in [-0.15, -0.1) is 0 Å². The van der Waals surface area contributed by atoms with E-state index in [1.54, 1.807) is 24.0 Å². The number of hydrogen-bond donors (Lipinski definition) is 1. The first-order valence-electron chi connectivity index (χ1n) is 7.19. The predicted molar refractivity (Wildman–Crippen MR) is 74.4 cm³/mol. The number of ether oxygens (including phenoxy) is 1. The molecule has 1 spiro atoms. The van der Waals surface area contributed by atoms with E-state index in [1.165, 1.54) is 0 Å². The first-order chi connectivity index (χ1) is 9.61. The lowest BCUT2D eigenvalue weighted by Gasteiger charge is -2.48. The van der Waals surface area contributed by atoms with E-state index in [-0.39, 0.29) is 11.5 Å². The zero-order valence-electron chi connectivity index (χ0n) is 12.1. The molecule has 0 bridgehead atoms. The average molecular weight is 278 g/mol. The van der Waals surface area contributed by atoms with E-state index >= 15 is 0 Å². The van der Waals surface area contributed by atoms with Gasteiger partial charge >= 0.3 is 0 Å². The van der Waals surface area contributed by atoms with Gasteiger partial charge in [-0.1, -0.05) is 0 Å². The molecular weight excluding hydrogens is 256 g/mol. The van der Waals surface area contributed by atoms with Gasteiger partial charge in [0.15, 0.2) is 0 Å². The van der Waals surface area contributed by atoms with Gasteiger partial charge in [0.2, 0.25) is 0 Å². The largest absolute Gasteiger partial charge is 0.372 e. The summed E-state index contributed by atoms with van der Waals surface area (Å²) in [4.78, 5) is 14.3. The summed E-state index contributed by atoms with van der Waals surface area (Å²) in [5.74, 6) is 0.509. The van der Waals surface area contributed by atoms with Crippen molar-refractivity contribution < 1.29 is 9.53 Å². The van der Waals surface area contributed by atoms with Gasteiger partial charge in [-0.05, 0) is 31.9 Å². The summed E-state index contributed by atoms with van der Waals surface area (Å²) in [6.45, 7) is 3.60. The Morgan fingerprint density at radius 3 is 3.00 bits per heavy atom. The second-order valence-electron chi connectivity index (χ2n) is 5.96. The van der Waals surface area contributed by atoms with Gasteiger partial charge in [0, 0.05) is 39.5 Å². The first-order valence-corrected chi connectivity index (χ1v) is 7.19. The Bertz CT molecular complexity index is 493. The van der Waals surface area contributed by atoms with Crippen LogP contribution in [0.5, 0.6) is 0 Å². The van der Waals surface area contributed by atoms with Crippen LogP contribution in [0.1, 0.15) is 23.3 Å². The molecule has 110 valence electrons. The van der Waals surface area contributed by atoms with Crippen molar-refractivity contribution in [1.82, 2.24) is 20.0 Å². The zero-order chi connectivity index (χ0) is 14.2. The van der Waals surface area contributed by atoms with Crippen molar-refractivity contribution in [3.63, 3.8) is 0 Å². The van der Waals surface area contributed by atoms with Crippen LogP contribution in [0.15, 0.2) is 12.3 Å². The number of rotatable bonds is 4. The van der Waals surface area contributed by atoms with E-state index in [0.29, 0.717) is 18.2 Å². The summed E-state index contributed by atoms with van der Waals surface area (Å²) in [5.41, 5.74) is 0.664. The molecule has 6 heteroatoms. The minimum Gasteiger partial charge on any atom is -0.372 e. The van der Waals surface area contributed by atoms with E-state index in [9.17, 15) is 4.79 Å². The van der Waals surface area contributed by atoms with Crippen LogP contribution in [0.2, 0.25) is 0 Å². The van der Waals surface area contributed by atoms with Crippen molar-refractivity contribution in [2.24, 2.45) is 13.0 Å². The molecule has 2 aliphatic rings. The van der Waals surface area contributed by atoms with Gasteiger partial charge in [-0.3, -0.25) is 9.48 Å². The number of aryl methyl sites for hydroxylation is 1. The molecule has 0 radical (unpaired) electrons. The number of nitrogens with one attached hydrogen (secondary N) is 1. The monoisotopic (exact) mass is 278 g/mol. The highest BCUT2D eigenvalue weighted by Crippen LogP contribution is 2.40. The maximum Gasteiger partial charge on any atom is 0.269 e. The number of likely N-dealkylation sites (N-methyl/N-ethyl adjacent to an activating group) is 1. The Kier molecular flexibility index (Phi) is 3.52. The van der Waals surface area contributed by atoms with Crippen LogP contribution >= 0.6 is 0 Å². The molecule has 1 N–H and O–H groups in total. The SMILES string of the molecule is CN1CC2(C1)OCCC2CCNC(=O)c1ccnn1C. The number of carbonyl (C=O) groups is 1. The standard InChI is InChI=1S/C14H22N4O2/c1-17-9-14(10-17)11(5-8-20-14)3-6-15-13(19)12-4-7-16-18(12)2/h4,7,11H,3,5-6,8-10H2,1-2H3,(H,15,19). The first kappa shape index (κ1) is 13.6. The summed E-state index contributed by atoms with van der Waals surface area (Å²) in [7, 11) is 3.90. The highest BCUT2D eigenvalue weighted by molar-refractivity contribution is 5.92. The maximum absolute atomic E-state index is 12.0. The predicted octanol–water partition coefficient (Wildman–Crippen LogP) is 0.261. The molecule has 1 unspecified atom stereocenters. The molecule has 1 atom stereocenters. The Morgan fingerprint density at radius 2 is 2.35 bits per heavy atom. The highest BCUT2D eigenvalue weighted by atomic mass is 16.5. The number of nitrogens with zero attached hydrogens (tertiary/aromatic N) is 3. The molecule has 1 amide bonds. The van der Waals surface area contributed by atoms with Gasteiger partial charge in [0.05, 0.1) is 5.60 Å². The van der Waals surface area contributed by atoms with Gasteiger partial charge in [0.25, 0.3) is 5.91 Å². The lowest BCUT2D eigenvalue weighted by Crippen LogP contribution is -2.63. The summed E-state index contributed by atoms with van der Waals surface area (Å²) in [5, 5.41) is 6.99. The fraction of sp³-hybridized carbons (Fsp3) is 0.714. The van der Waals surface area contributed by atoms with Crippen molar-refractivity contribution in [1.29, 1.82) is 0 Å². The van der Waals surface area contributed by atoms with Crippen LogP contribution < -0.4 is 5.32 Å². The van der Waals surface area contributed by atoms with Crippen molar-refractivity contribution in [2.75, 3.05) is 33.3 Å². The molecule has 0 saturated carbocycles. The van der Waals surface area contributed by atoms with E-state index in [2.05, 4.69) is 22.4 Å². The average Bonchev–Trinajstić information content (AvgIpc) is 2.96. The Balaban J connectivity index is 1.48. The Morgan fingerprint density at radius 1 is 1.55 bits per heavy atom. The van der Waals surface area contributed by atoms with Crippen LogP contribution in [0, 0.1) is 5.92 Å². The molecule has 2 fully saturated rings. The number of hydrogen-bond acceptors (Lipinski definition) is 4. The molecule has 20 heavy (non-hydrogen) atoms. The molecular formula is C14H22N4O2. The topological polar surface area (TPSA) is 59.4 Å². The summed E-state index contributed by atoms with van der Waals surface area (Å²) < 4.78 is 7.53. The third kappa shape index (κ3) is 2.33. The normalized spacial score (nSPS) is 24.8.